The van der Waals surface area contributed by atoms with Gasteiger partial charge < -0.3 is 0 Å². The Morgan fingerprint density at radius 1 is 1.25 bits per heavy atom. The summed E-state index contributed by atoms with van der Waals surface area (Å²) in [6, 6.07) is 5.64. The van der Waals surface area contributed by atoms with Gasteiger partial charge in [-0.25, -0.2) is 0 Å². The summed E-state index contributed by atoms with van der Waals surface area (Å²) in [6.07, 6.45) is -1.91. The van der Waals surface area contributed by atoms with Crippen LogP contribution in [0.2, 0.25) is 0 Å². The number of alkyl halides is 3. The van der Waals surface area contributed by atoms with Crippen molar-refractivity contribution in [1.29, 1.82) is 0 Å². The zero-order chi connectivity index (χ0) is 12.3. The second-order valence-corrected chi connectivity index (χ2v) is 3.72. The molecule has 1 aromatic rings. The zero-order valence-corrected chi connectivity index (χ0v) is 9.23. The van der Waals surface area contributed by atoms with Crippen LogP contribution in [0.3, 0.4) is 0 Å². The van der Waals surface area contributed by atoms with Crippen LogP contribution in [0.25, 0.3) is 6.08 Å². The Morgan fingerprint density at radius 3 is 2.44 bits per heavy atom. The lowest BCUT2D eigenvalue weighted by Crippen LogP contribution is -2.08. The van der Waals surface area contributed by atoms with Crippen LogP contribution in [0, 0.1) is 13.8 Å². The first-order valence-electron chi connectivity index (χ1n) is 4.82. The number of aryl methyl sites for hydroxylation is 2. The molecular weight excluding hydrogens is 213 g/mol. The Balaban J connectivity index is 2.93. The van der Waals surface area contributed by atoms with Gasteiger partial charge in [-0.15, -0.1) is 0 Å². The van der Waals surface area contributed by atoms with E-state index >= 15 is 0 Å². The number of benzene rings is 1. The minimum Gasteiger partial charge on any atom is -0.166 e. The van der Waals surface area contributed by atoms with Gasteiger partial charge in [0, 0.05) is 5.57 Å². The molecule has 1 aromatic carbocycles. The molecule has 0 amide bonds. The highest BCUT2D eigenvalue weighted by Gasteiger charge is 2.29. The molecule has 0 nitrogen and oxygen atoms in total. The van der Waals surface area contributed by atoms with Crippen LogP contribution in [-0.2, 0) is 0 Å². The van der Waals surface area contributed by atoms with Gasteiger partial charge in [0.2, 0.25) is 0 Å². The second-order valence-electron chi connectivity index (χ2n) is 3.72. The molecular formula is C13H13F3. The van der Waals surface area contributed by atoms with E-state index in [1.165, 1.54) is 6.08 Å². The van der Waals surface area contributed by atoms with Crippen LogP contribution in [0.15, 0.2) is 36.4 Å². The first-order valence-corrected chi connectivity index (χ1v) is 4.82. The topological polar surface area (TPSA) is 0 Å². The van der Waals surface area contributed by atoms with Crippen molar-refractivity contribution in [2.75, 3.05) is 0 Å². The van der Waals surface area contributed by atoms with Crippen molar-refractivity contribution in [2.24, 2.45) is 0 Å². The predicted octanol–water partition coefficient (Wildman–Crippen LogP) is 4.44. The van der Waals surface area contributed by atoms with E-state index in [1.54, 1.807) is 0 Å². The van der Waals surface area contributed by atoms with E-state index in [0.717, 1.165) is 22.8 Å². The highest BCUT2D eigenvalue weighted by atomic mass is 19.4. The number of halogens is 3. The fourth-order valence-electron chi connectivity index (χ4n) is 1.22. The molecule has 16 heavy (non-hydrogen) atoms. The van der Waals surface area contributed by atoms with Crippen molar-refractivity contribution in [2.45, 2.75) is 20.0 Å². The second kappa shape index (κ2) is 4.56. The van der Waals surface area contributed by atoms with Crippen LogP contribution >= 0.6 is 0 Å². The normalized spacial score (nSPS) is 12.1. The van der Waals surface area contributed by atoms with E-state index in [4.69, 9.17) is 0 Å². The maximum Gasteiger partial charge on any atom is 0.415 e. The van der Waals surface area contributed by atoms with Crippen molar-refractivity contribution < 1.29 is 13.2 Å². The van der Waals surface area contributed by atoms with Gasteiger partial charge in [0.25, 0.3) is 0 Å². The summed E-state index contributed by atoms with van der Waals surface area (Å²) in [4.78, 5) is 0. The first-order chi connectivity index (χ1) is 7.30. The van der Waals surface area contributed by atoms with E-state index in [-0.39, 0.29) is 0 Å². The number of hydrogen-bond acceptors (Lipinski definition) is 0. The monoisotopic (exact) mass is 226 g/mol. The van der Waals surface area contributed by atoms with Gasteiger partial charge in [0.1, 0.15) is 0 Å². The lowest BCUT2D eigenvalue weighted by atomic mass is 10.0. The van der Waals surface area contributed by atoms with Crippen molar-refractivity contribution in [3.63, 3.8) is 0 Å². The van der Waals surface area contributed by atoms with E-state index < -0.39 is 11.7 Å². The number of allylic oxidation sites excluding steroid dienone is 2. The van der Waals surface area contributed by atoms with E-state index in [9.17, 15) is 13.2 Å². The minimum atomic E-state index is -4.35. The smallest absolute Gasteiger partial charge is 0.166 e. The Labute approximate surface area is 93.1 Å². The molecule has 0 heterocycles. The minimum absolute atomic E-state index is 0.783. The summed E-state index contributed by atoms with van der Waals surface area (Å²) in [5.41, 5.74) is 1.90. The third-order valence-electron chi connectivity index (χ3n) is 2.26. The van der Waals surface area contributed by atoms with E-state index in [0.29, 0.717) is 0 Å². The summed E-state index contributed by atoms with van der Waals surface area (Å²) in [6.45, 7) is 6.74. The Kier molecular flexibility index (Phi) is 3.58. The Morgan fingerprint density at radius 2 is 1.88 bits per heavy atom. The molecule has 0 N–H and O–H groups in total. The van der Waals surface area contributed by atoms with Gasteiger partial charge in [-0.1, -0.05) is 42.5 Å². The molecule has 0 spiro atoms. The van der Waals surface area contributed by atoms with Crippen molar-refractivity contribution in [3.8, 4) is 0 Å². The van der Waals surface area contributed by atoms with Gasteiger partial charge in [-0.3, -0.25) is 0 Å². The molecule has 0 aliphatic heterocycles. The van der Waals surface area contributed by atoms with Crippen LogP contribution in [0.5, 0.6) is 0 Å². The van der Waals surface area contributed by atoms with Gasteiger partial charge >= 0.3 is 6.18 Å². The summed E-state index contributed by atoms with van der Waals surface area (Å²) in [7, 11) is 0. The molecule has 0 saturated heterocycles. The summed E-state index contributed by atoms with van der Waals surface area (Å²) in [5.74, 6) is 0. The molecule has 0 aliphatic rings. The molecule has 0 atom stereocenters. The average molecular weight is 226 g/mol. The van der Waals surface area contributed by atoms with Crippen molar-refractivity contribution in [1.82, 2.24) is 0 Å². The highest BCUT2D eigenvalue weighted by molar-refractivity contribution is 5.57. The lowest BCUT2D eigenvalue weighted by Gasteiger charge is -2.06. The molecule has 0 unspecified atom stereocenters. The fraction of sp³-hybridized carbons (Fsp3) is 0.231. The fourth-order valence-corrected chi connectivity index (χ4v) is 1.22. The van der Waals surface area contributed by atoms with Gasteiger partial charge in [0.15, 0.2) is 0 Å². The lowest BCUT2D eigenvalue weighted by molar-refractivity contribution is -0.0877. The van der Waals surface area contributed by atoms with Crippen LogP contribution < -0.4 is 0 Å². The van der Waals surface area contributed by atoms with Crippen LogP contribution in [0.1, 0.15) is 16.7 Å². The SMILES string of the molecule is C=C(/C=C\c1cc(C)ccc1C)C(F)(F)F. The number of rotatable bonds is 2. The van der Waals surface area contributed by atoms with Gasteiger partial charge in [-0.05, 0) is 25.0 Å². The standard InChI is InChI=1S/C13H13F3/c1-9-4-5-10(2)12(8-9)7-6-11(3)13(14,15)16/h4-8H,3H2,1-2H3/b7-6-. The van der Waals surface area contributed by atoms with Crippen molar-refractivity contribution >= 4 is 6.08 Å². The largest absolute Gasteiger partial charge is 0.415 e. The van der Waals surface area contributed by atoms with Crippen molar-refractivity contribution in [3.05, 3.63) is 53.1 Å². The molecule has 1 rings (SSSR count). The molecule has 0 saturated carbocycles. The van der Waals surface area contributed by atoms with Crippen LogP contribution in [0.4, 0.5) is 13.2 Å². The third-order valence-corrected chi connectivity index (χ3v) is 2.26. The Bertz CT molecular complexity index is 425. The third kappa shape index (κ3) is 3.26. The van der Waals surface area contributed by atoms with Gasteiger partial charge in [0.05, 0.1) is 0 Å². The Hall–Kier alpha value is -1.51. The maximum absolute atomic E-state index is 12.2. The molecule has 86 valence electrons. The summed E-state index contributed by atoms with van der Waals surface area (Å²) >= 11 is 0. The average Bonchev–Trinajstić information content (AvgIpc) is 2.17. The molecule has 0 bridgehead atoms. The van der Waals surface area contributed by atoms with E-state index in [2.05, 4.69) is 6.58 Å². The summed E-state index contributed by atoms with van der Waals surface area (Å²) < 4.78 is 36.5. The molecule has 0 fully saturated rings. The van der Waals surface area contributed by atoms with Gasteiger partial charge in [-0.2, -0.15) is 13.2 Å². The number of hydrogen-bond donors (Lipinski definition) is 0. The molecule has 3 heteroatoms. The van der Waals surface area contributed by atoms with E-state index in [1.807, 2.05) is 32.0 Å². The zero-order valence-electron chi connectivity index (χ0n) is 9.23. The van der Waals surface area contributed by atoms with Crippen LogP contribution in [-0.4, -0.2) is 6.18 Å². The summed E-state index contributed by atoms with van der Waals surface area (Å²) in [5, 5.41) is 0. The first kappa shape index (κ1) is 12.6. The quantitative estimate of drug-likeness (QED) is 0.654. The maximum atomic E-state index is 12.2. The highest BCUT2D eigenvalue weighted by Crippen LogP contribution is 2.25. The molecule has 0 aromatic heterocycles. The molecule has 0 radical (unpaired) electrons. The predicted molar refractivity (Wildman–Crippen MR) is 60.1 cm³/mol. The molecule has 0 aliphatic carbocycles.